The molecule has 0 aromatic rings. The second kappa shape index (κ2) is 9.46. The molecule has 0 bridgehead atoms. The number of hydrogen-bond donors (Lipinski definition) is 4. The van der Waals surface area contributed by atoms with Gasteiger partial charge < -0.3 is 25.6 Å². The van der Waals surface area contributed by atoms with Gasteiger partial charge in [-0.3, -0.25) is 9.59 Å². The van der Waals surface area contributed by atoms with Crippen LogP contribution in [0.4, 0.5) is 0 Å². The minimum Gasteiger partial charge on any atom is -0.479 e. The number of amides is 2. The van der Waals surface area contributed by atoms with Gasteiger partial charge in [0.2, 0.25) is 5.91 Å². The zero-order valence-electron chi connectivity index (χ0n) is 13.6. The molecule has 1 saturated heterocycles. The maximum absolute atomic E-state index is 12.2. The van der Waals surface area contributed by atoms with Gasteiger partial charge in [-0.15, -0.1) is 0 Å². The zero-order valence-corrected chi connectivity index (χ0v) is 13.6. The summed E-state index contributed by atoms with van der Waals surface area (Å²) in [5.41, 5.74) is 0. The van der Waals surface area contributed by atoms with E-state index in [0.717, 1.165) is 12.8 Å². The second-order valence-electron chi connectivity index (χ2n) is 6.08. The van der Waals surface area contributed by atoms with Gasteiger partial charge in [0.25, 0.3) is 5.91 Å². The third kappa shape index (κ3) is 6.96. The van der Waals surface area contributed by atoms with Crippen LogP contribution in [0.1, 0.15) is 39.5 Å². The summed E-state index contributed by atoms with van der Waals surface area (Å²) in [5.74, 6) is -1.85. The first-order valence-electron chi connectivity index (χ1n) is 7.94. The highest BCUT2D eigenvalue weighted by molar-refractivity contribution is 5.95. The van der Waals surface area contributed by atoms with Gasteiger partial charge >= 0.3 is 5.97 Å². The number of carbonyl (C=O) groups excluding carboxylic acids is 2. The summed E-state index contributed by atoms with van der Waals surface area (Å²) in [6.45, 7) is 4.47. The average molecular weight is 330 g/mol. The molecule has 0 spiro atoms. The average Bonchev–Trinajstić information content (AvgIpc) is 3.26. The summed E-state index contributed by atoms with van der Waals surface area (Å²) in [5, 5.41) is 22.8. The Bertz CT molecular complexity index is 426. The number of epoxide rings is 1. The van der Waals surface area contributed by atoms with Crippen molar-refractivity contribution in [2.24, 2.45) is 5.92 Å². The SMILES string of the molecule is CC(C)C[C@H](NC(=O)[C@H]1O[C@@H]1C(=O)O)C(=O)NCCCCCO. The molecular formula is C15H26N2O6. The minimum atomic E-state index is -1.18. The molecule has 132 valence electrons. The Balaban J connectivity index is 2.43. The second-order valence-corrected chi connectivity index (χ2v) is 6.08. The van der Waals surface area contributed by atoms with Crippen molar-refractivity contribution < 1.29 is 29.3 Å². The number of hydrogen-bond acceptors (Lipinski definition) is 5. The van der Waals surface area contributed by atoms with E-state index in [-0.39, 0.29) is 18.4 Å². The number of aliphatic hydroxyl groups is 1. The van der Waals surface area contributed by atoms with Gasteiger partial charge in [0.15, 0.2) is 12.2 Å². The number of nitrogens with one attached hydrogen (secondary N) is 2. The van der Waals surface area contributed by atoms with Crippen LogP contribution >= 0.6 is 0 Å². The number of unbranched alkanes of at least 4 members (excludes halogenated alkanes) is 2. The van der Waals surface area contributed by atoms with Crippen LogP contribution in [0.2, 0.25) is 0 Å². The first-order valence-corrected chi connectivity index (χ1v) is 7.94. The molecular weight excluding hydrogens is 304 g/mol. The number of carbonyl (C=O) groups is 3. The normalized spacial score (nSPS) is 20.9. The molecule has 0 aromatic carbocycles. The predicted octanol–water partition coefficient (Wildman–Crippen LogP) is -0.352. The van der Waals surface area contributed by atoms with Crippen molar-refractivity contribution in [3.8, 4) is 0 Å². The van der Waals surface area contributed by atoms with Gasteiger partial charge in [-0.05, 0) is 31.6 Å². The molecule has 1 rings (SSSR count). The molecule has 23 heavy (non-hydrogen) atoms. The van der Waals surface area contributed by atoms with Crippen LogP contribution in [-0.2, 0) is 19.1 Å². The molecule has 0 saturated carbocycles. The van der Waals surface area contributed by atoms with Crippen LogP contribution in [0.15, 0.2) is 0 Å². The Morgan fingerprint density at radius 1 is 1.13 bits per heavy atom. The maximum atomic E-state index is 12.2. The summed E-state index contributed by atoms with van der Waals surface area (Å²) in [4.78, 5) is 34.8. The Hall–Kier alpha value is -1.67. The van der Waals surface area contributed by atoms with E-state index in [9.17, 15) is 14.4 Å². The van der Waals surface area contributed by atoms with E-state index in [2.05, 4.69) is 10.6 Å². The molecule has 0 radical (unpaired) electrons. The molecule has 1 fully saturated rings. The summed E-state index contributed by atoms with van der Waals surface area (Å²) in [6, 6.07) is -0.709. The van der Waals surface area contributed by atoms with Crippen LogP contribution < -0.4 is 10.6 Å². The Morgan fingerprint density at radius 3 is 2.35 bits per heavy atom. The van der Waals surface area contributed by atoms with Crippen molar-refractivity contribution in [1.29, 1.82) is 0 Å². The van der Waals surface area contributed by atoms with Crippen LogP contribution in [0.3, 0.4) is 0 Å². The zero-order chi connectivity index (χ0) is 17.4. The Kier molecular flexibility index (Phi) is 7.97. The van der Waals surface area contributed by atoms with Crippen LogP contribution in [0.25, 0.3) is 0 Å². The molecule has 3 atom stereocenters. The van der Waals surface area contributed by atoms with Crippen molar-refractivity contribution in [2.45, 2.75) is 57.8 Å². The van der Waals surface area contributed by atoms with E-state index >= 15 is 0 Å². The molecule has 2 amide bonds. The van der Waals surface area contributed by atoms with E-state index < -0.39 is 30.1 Å². The van der Waals surface area contributed by atoms with Crippen molar-refractivity contribution in [3.05, 3.63) is 0 Å². The summed E-state index contributed by atoms with van der Waals surface area (Å²) >= 11 is 0. The van der Waals surface area contributed by atoms with E-state index in [1.807, 2.05) is 13.8 Å². The molecule has 4 N–H and O–H groups in total. The summed E-state index contributed by atoms with van der Waals surface area (Å²) in [7, 11) is 0. The highest BCUT2D eigenvalue weighted by atomic mass is 16.6. The van der Waals surface area contributed by atoms with Crippen LogP contribution in [0, 0.1) is 5.92 Å². The lowest BCUT2D eigenvalue weighted by molar-refractivity contribution is -0.138. The molecule has 8 heteroatoms. The maximum Gasteiger partial charge on any atom is 0.336 e. The standard InChI is InChI=1S/C15H26N2O6/c1-9(2)8-10(13(19)16-6-4-3-5-7-18)17-14(20)11-12(23-11)15(21)22/h9-12,18H,3-8H2,1-2H3,(H,16,19)(H,17,20)(H,21,22)/t10-,11-,12-/m0/s1. The number of rotatable bonds is 11. The Labute approximate surface area is 135 Å². The summed E-state index contributed by atoms with van der Waals surface area (Å²) in [6.07, 6.45) is 0.585. The minimum absolute atomic E-state index is 0.131. The lowest BCUT2D eigenvalue weighted by Crippen LogP contribution is -2.49. The van der Waals surface area contributed by atoms with Gasteiger partial charge in [0.1, 0.15) is 6.04 Å². The fourth-order valence-electron chi connectivity index (χ4n) is 2.20. The molecule has 0 unspecified atom stereocenters. The van der Waals surface area contributed by atoms with E-state index in [4.69, 9.17) is 14.9 Å². The third-order valence-corrected chi connectivity index (χ3v) is 3.47. The van der Waals surface area contributed by atoms with Gasteiger partial charge in [-0.2, -0.15) is 0 Å². The van der Waals surface area contributed by atoms with E-state index in [0.29, 0.717) is 19.4 Å². The largest absolute Gasteiger partial charge is 0.479 e. The number of carboxylic acids is 1. The van der Waals surface area contributed by atoms with E-state index in [1.54, 1.807) is 0 Å². The van der Waals surface area contributed by atoms with Crippen LogP contribution in [-0.4, -0.2) is 59.4 Å². The molecule has 1 heterocycles. The lowest BCUT2D eigenvalue weighted by Gasteiger charge is -2.19. The van der Waals surface area contributed by atoms with Gasteiger partial charge in [0.05, 0.1) is 0 Å². The van der Waals surface area contributed by atoms with Crippen LogP contribution in [0.5, 0.6) is 0 Å². The smallest absolute Gasteiger partial charge is 0.336 e. The fraction of sp³-hybridized carbons (Fsp3) is 0.800. The number of carboxylic acid groups (broad SMARTS) is 1. The van der Waals surface area contributed by atoms with E-state index in [1.165, 1.54) is 0 Å². The Morgan fingerprint density at radius 2 is 1.83 bits per heavy atom. The van der Waals surface area contributed by atoms with Gasteiger partial charge in [-0.25, -0.2) is 4.79 Å². The monoisotopic (exact) mass is 330 g/mol. The molecule has 1 aliphatic rings. The number of aliphatic carboxylic acids is 1. The van der Waals surface area contributed by atoms with Crippen molar-refractivity contribution in [2.75, 3.05) is 13.2 Å². The number of aliphatic hydroxyl groups excluding tert-OH is 1. The third-order valence-electron chi connectivity index (χ3n) is 3.47. The van der Waals surface area contributed by atoms with Crippen molar-refractivity contribution in [3.63, 3.8) is 0 Å². The van der Waals surface area contributed by atoms with Gasteiger partial charge in [-0.1, -0.05) is 13.8 Å². The topological polar surface area (TPSA) is 128 Å². The predicted molar refractivity (Wildman–Crippen MR) is 81.6 cm³/mol. The number of ether oxygens (including phenoxy) is 1. The highest BCUT2D eigenvalue weighted by Crippen LogP contribution is 2.22. The van der Waals surface area contributed by atoms with Crippen molar-refractivity contribution in [1.82, 2.24) is 10.6 Å². The van der Waals surface area contributed by atoms with Crippen molar-refractivity contribution >= 4 is 17.8 Å². The highest BCUT2D eigenvalue weighted by Gasteiger charge is 2.51. The van der Waals surface area contributed by atoms with Gasteiger partial charge in [0, 0.05) is 13.2 Å². The molecule has 0 aliphatic carbocycles. The first-order chi connectivity index (χ1) is 10.9. The summed E-state index contributed by atoms with van der Waals surface area (Å²) < 4.78 is 4.78. The fourth-order valence-corrected chi connectivity index (χ4v) is 2.20. The first kappa shape index (κ1) is 19.4. The quantitative estimate of drug-likeness (QED) is 0.303. The molecule has 8 nitrogen and oxygen atoms in total. The lowest BCUT2D eigenvalue weighted by atomic mass is 10.0. The molecule has 1 aliphatic heterocycles. The molecule has 0 aromatic heterocycles.